The smallest absolute Gasteiger partial charge is 0.0501 e. The predicted octanol–water partition coefficient (Wildman–Crippen LogP) is 1.19. The highest BCUT2D eigenvalue weighted by Gasteiger charge is 2.34. The monoisotopic (exact) mass is 270 g/mol. The fourth-order valence-electron chi connectivity index (χ4n) is 3.69. The minimum absolute atomic E-state index is 0.0721. The van der Waals surface area contributed by atoms with E-state index in [1.165, 1.54) is 19.4 Å². The molecule has 0 radical (unpaired) electrons. The zero-order valence-electron chi connectivity index (χ0n) is 12.6. The van der Waals surface area contributed by atoms with Crippen LogP contribution in [0.4, 0.5) is 0 Å². The molecular weight excluding hydrogens is 240 g/mol. The summed E-state index contributed by atoms with van der Waals surface area (Å²) in [6, 6.07) is 0.714. The molecule has 2 aliphatic heterocycles. The molecule has 0 aromatic carbocycles. The SMILES string of the molecule is CCN1CCCC1CN(C)CC1(CO)CCOCC1. The summed E-state index contributed by atoms with van der Waals surface area (Å²) in [5, 5.41) is 9.76. The Morgan fingerprint density at radius 3 is 2.74 bits per heavy atom. The van der Waals surface area contributed by atoms with Crippen molar-refractivity contribution < 1.29 is 9.84 Å². The number of ether oxygens (including phenoxy) is 1. The summed E-state index contributed by atoms with van der Waals surface area (Å²) in [5.74, 6) is 0. The predicted molar refractivity (Wildman–Crippen MR) is 77.3 cm³/mol. The van der Waals surface area contributed by atoms with Gasteiger partial charge in [-0.05, 0) is 45.8 Å². The van der Waals surface area contributed by atoms with Crippen LogP contribution >= 0.6 is 0 Å². The molecule has 0 aromatic rings. The maximum absolute atomic E-state index is 9.76. The average molecular weight is 270 g/mol. The van der Waals surface area contributed by atoms with E-state index in [0.29, 0.717) is 12.6 Å². The molecule has 4 nitrogen and oxygen atoms in total. The number of hydrogen-bond acceptors (Lipinski definition) is 4. The number of aliphatic hydroxyl groups excluding tert-OH is 1. The van der Waals surface area contributed by atoms with Gasteiger partial charge >= 0.3 is 0 Å². The molecule has 0 saturated carbocycles. The summed E-state index contributed by atoms with van der Waals surface area (Å²) in [6.45, 7) is 8.72. The Hall–Kier alpha value is -0.160. The zero-order chi connectivity index (χ0) is 13.7. The maximum Gasteiger partial charge on any atom is 0.0501 e. The van der Waals surface area contributed by atoms with Crippen LogP contribution in [0.25, 0.3) is 0 Å². The highest BCUT2D eigenvalue weighted by Crippen LogP contribution is 2.31. The van der Waals surface area contributed by atoms with Crippen LogP contribution < -0.4 is 0 Å². The molecule has 0 amide bonds. The minimum Gasteiger partial charge on any atom is -0.396 e. The van der Waals surface area contributed by atoms with Crippen LogP contribution in [0.1, 0.15) is 32.6 Å². The van der Waals surface area contributed by atoms with E-state index in [1.807, 2.05) is 0 Å². The fraction of sp³-hybridized carbons (Fsp3) is 1.00. The van der Waals surface area contributed by atoms with Crippen molar-refractivity contribution in [3.8, 4) is 0 Å². The van der Waals surface area contributed by atoms with Crippen molar-refractivity contribution in [3.05, 3.63) is 0 Å². The molecule has 19 heavy (non-hydrogen) atoms. The Kier molecular flexibility index (Phi) is 5.63. The van der Waals surface area contributed by atoms with Gasteiger partial charge in [-0.25, -0.2) is 0 Å². The number of aliphatic hydroxyl groups is 1. The second-order valence-electron chi connectivity index (χ2n) is 6.39. The van der Waals surface area contributed by atoms with Gasteiger partial charge in [0.25, 0.3) is 0 Å². The van der Waals surface area contributed by atoms with Gasteiger partial charge in [0, 0.05) is 37.8 Å². The number of nitrogens with zero attached hydrogens (tertiary/aromatic N) is 2. The van der Waals surface area contributed by atoms with Gasteiger partial charge in [-0.2, -0.15) is 0 Å². The Balaban J connectivity index is 1.83. The second kappa shape index (κ2) is 7.02. The van der Waals surface area contributed by atoms with Crippen molar-refractivity contribution in [3.63, 3.8) is 0 Å². The van der Waals surface area contributed by atoms with E-state index in [1.54, 1.807) is 0 Å². The van der Waals surface area contributed by atoms with E-state index >= 15 is 0 Å². The van der Waals surface area contributed by atoms with Crippen molar-refractivity contribution in [1.82, 2.24) is 9.80 Å². The van der Waals surface area contributed by atoms with Crippen LogP contribution in [0.2, 0.25) is 0 Å². The van der Waals surface area contributed by atoms with Crippen LogP contribution in [-0.4, -0.2) is 74.0 Å². The molecule has 1 N–H and O–H groups in total. The molecule has 1 unspecified atom stereocenters. The highest BCUT2D eigenvalue weighted by atomic mass is 16.5. The van der Waals surface area contributed by atoms with E-state index in [0.717, 1.165) is 45.7 Å². The van der Waals surface area contributed by atoms with Gasteiger partial charge in [0.15, 0.2) is 0 Å². The van der Waals surface area contributed by atoms with Crippen molar-refractivity contribution >= 4 is 0 Å². The minimum atomic E-state index is 0.0721. The Bertz CT molecular complexity index is 267. The van der Waals surface area contributed by atoms with E-state index in [4.69, 9.17) is 4.74 Å². The standard InChI is InChI=1S/C15H30N2O2/c1-3-17-8-4-5-14(17)11-16(2)12-15(13-18)6-9-19-10-7-15/h14,18H,3-13H2,1-2H3. The lowest BCUT2D eigenvalue weighted by molar-refractivity contribution is -0.0328. The van der Waals surface area contributed by atoms with Gasteiger partial charge in [0.2, 0.25) is 0 Å². The summed E-state index contributed by atoms with van der Waals surface area (Å²) in [7, 11) is 2.21. The molecule has 2 saturated heterocycles. The largest absolute Gasteiger partial charge is 0.396 e. The second-order valence-corrected chi connectivity index (χ2v) is 6.39. The Labute approximate surface area is 117 Å². The normalized spacial score (nSPS) is 28.1. The summed E-state index contributed by atoms with van der Waals surface area (Å²) in [6.07, 6.45) is 4.66. The van der Waals surface area contributed by atoms with Gasteiger partial charge in [-0.3, -0.25) is 4.90 Å². The lowest BCUT2D eigenvalue weighted by atomic mass is 9.80. The number of likely N-dealkylation sites (N-methyl/N-ethyl adjacent to an activating group) is 2. The van der Waals surface area contributed by atoms with E-state index < -0.39 is 0 Å². The van der Waals surface area contributed by atoms with Crippen LogP contribution in [0.5, 0.6) is 0 Å². The zero-order valence-corrected chi connectivity index (χ0v) is 12.6. The molecular formula is C15H30N2O2. The maximum atomic E-state index is 9.76. The highest BCUT2D eigenvalue weighted by molar-refractivity contribution is 4.86. The topological polar surface area (TPSA) is 35.9 Å². The van der Waals surface area contributed by atoms with Gasteiger partial charge in [-0.1, -0.05) is 6.92 Å². The number of rotatable bonds is 6. The Morgan fingerprint density at radius 2 is 2.11 bits per heavy atom. The third-order valence-electron chi connectivity index (χ3n) is 4.92. The molecule has 2 rings (SSSR count). The fourth-order valence-corrected chi connectivity index (χ4v) is 3.69. The lowest BCUT2D eigenvalue weighted by Gasteiger charge is -2.39. The van der Waals surface area contributed by atoms with Crippen LogP contribution in [0.3, 0.4) is 0 Å². The number of likely N-dealkylation sites (tertiary alicyclic amines) is 1. The first-order valence-corrected chi connectivity index (χ1v) is 7.80. The summed E-state index contributed by atoms with van der Waals surface area (Å²) < 4.78 is 5.44. The van der Waals surface area contributed by atoms with Gasteiger partial charge in [0.05, 0.1) is 6.61 Å². The first kappa shape index (κ1) is 15.2. The quantitative estimate of drug-likeness (QED) is 0.786. The van der Waals surface area contributed by atoms with Crippen molar-refractivity contribution in [1.29, 1.82) is 0 Å². The first-order chi connectivity index (χ1) is 9.19. The molecule has 112 valence electrons. The van der Waals surface area contributed by atoms with Gasteiger partial charge < -0.3 is 14.7 Å². The molecule has 2 fully saturated rings. The van der Waals surface area contributed by atoms with Crippen molar-refractivity contribution in [2.45, 2.75) is 38.6 Å². The van der Waals surface area contributed by atoms with E-state index in [2.05, 4.69) is 23.8 Å². The molecule has 4 heteroatoms. The van der Waals surface area contributed by atoms with Crippen molar-refractivity contribution in [2.24, 2.45) is 5.41 Å². The van der Waals surface area contributed by atoms with Crippen LogP contribution in [-0.2, 0) is 4.74 Å². The first-order valence-electron chi connectivity index (χ1n) is 7.80. The van der Waals surface area contributed by atoms with Gasteiger partial charge in [0.1, 0.15) is 0 Å². The van der Waals surface area contributed by atoms with E-state index in [9.17, 15) is 5.11 Å². The lowest BCUT2D eigenvalue weighted by Crippen LogP contribution is -2.46. The molecule has 2 aliphatic rings. The molecule has 2 heterocycles. The molecule has 1 atom stereocenters. The summed E-state index contributed by atoms with van der Waals surface area (Å²) in [5.41, 5.74) is 0.0721. The van der Waals surface area contributed by atoms with Crippen molar-refractivity contribution in [2.75, 3.05) is 53.0 Å². The summed E-state index contributed by atoms with van der Waals surface area (Å²) in [4.78, 5) is 5.02. The Morgan fingerprint density at radius 1 is 1.37 bits per heavy atom. The van der Waals surface area contributed by atoms with E-state index in [-0.39, 0.29) is 5.41 Å². The van der Waals surface area contributed by atoms with Crippen LogP contribution in [0, 0.1) is 5.41 Å². The third-order valence-corrected chi connectivity index (χ3v) is 4.92. The molecule has 0 bridgehead atoms. The number of hydrogen-bond donors (Lipinski definition) is 1. The third kappa shape index (κ3) is 3.91. The van der Waals surface area contributed by atoms with Gasteiger partial charge in [-0.15, -0.1) is 0 Å². The average Bonchev–Trinajstić information content (AvgIpc) is 2.86. The molecule has 0 aliphatic carbocycles. The van der Waals surface area contributed by atoms with Crippen LogP contribution in [0.15, 0.2) is 0 Å². The molecule has 0 spiro atoms. The summed E-state index contributed by atoms with van der Waals surface area (Å²) >= 11 is 0. The molecule has 0 aromatic heterocycles.